The van der Waals surface area contributed by atoms with Crippen molar-refractivity contribution in [3.63, 3.8) is 0 Å². The third-order valence-corrected chi connectivity index (χ3v) is 2.32. The van der Waals surface area contributed by atoms with E-state index in [0.29, 0.717) is 5.75 Å². The Morgan fingerprint density at radius 1 is 1.44 bits per heavy atom. The average molecular weight is 248 g/mol. The minimum absolute atomic E-state index is 0.0750. The molecule has 0 spiro atoms. The van der Waals surface area contributed by atoms with Gasteiger partial charge < -0.3 is 21.5 Å². The van der Waals surface area contributed by atoms with E-state index in [9.17, 15) is 9.59 Å². The molecule has 1 aromatic rings. The lowest BCUT2D eigenvalue weighted by atomic mass is 10.1. The van der Waals surface area contributed by atoms with E-state index in [1.54, 1.807) is 18.2 Å². The smallest absolute Gasteiger partial charge is 0.333 e. The van der Waals surface area contributed by atoms with Crippen molar-refractivity contribution in [1.82, 2.24) is 0 Å². The van der Waals surface area contributed by atoms with Crippen molar-refractivity contribution >= 4 is 23.5 Å². The molecule has 7 nitrogen and oxygen atoms in total. The second-order valence-electron chi connectivity index (χ2n) is 3.76. The molecule has 1 aromatic carbocycles. The molecule has 1 amide bonds. The summed E-state index contributed by atoms with van der Waals surface area (Å²) in [6.45, 7) is -0.239. The van der Waals surface area contributed by atoms with Crippen molar-refractivity contribution in [3.8, 4) is 5.75 Å². The molecule has 2 rings (SSSR count). The van der Waals surface area contributed by atoms with Gasteiger partial charge >= 0.3 is 5.97 Å². The van der Waals surface area contributed by atoms with Crippen LogP contribution in [0.5, 0.6) is 5.75 Å². The molecule has 0 atom stereocenters. The summed E-state index contributed by atoms with van der Waals surface area (Å²) in [4.78, 5) is 26.0. The van der Waals surface area contributed by atoms with E-state index in [1.165, 1.54) is 0 Å². The van der Waals surface area contributed by atoms with Crippen LogP contribution in [-0.4, -0.2) is 24.4 Å². The summed E-state index contributed by atoms with van der Waals surface area (Å²) >= 11 is 0. The zero-order valence-electron chi connectivity index (χ0n) is 9.47. The number of aliphatic imine (C=N–C) groups is 1. The highest BCUT2D eigenvalue weighted by Gasteiger charge is 2.18. The van der Waals surface area contributed by atoms with Gasteiger partial charge in [-0.2, -0.15) is 0 Å². The van der Waals surface area contributed by atoms with Crippen LogP contribution in [0.1, 0.15) is 5.56 Å². The van der Waals surface area contributed by atoms with E-state index < -0.39 is 5.97 Å². The fourth-order valence-corrected chi connectivity index (χ4v) is 1.59. The number of nitrogens with zero attached hydrogens (tertiary/aromatic N) is 1. The van der Waals surface area contributed by atoms with Gasteiger partial charge in [0.25, 0.3) is 0 Å². The standard InChI is InChI=1S/C11H12N4O3/c12-11(13)14-5-10(17)18-7-1-2-8-6(3-7)4-9(16)15-8/h1-3H,4-5H2,(H,15,16)(H4,12,13,14). The molecule has 0 bridgehead atoms. The number of nitrogens with two attached hydrogens (primary N) is 2. The van der Waals surface area contributed by atoms with Gasteiger partial charge in [-0.1, -0.05) is 0 Å². The van der Waals surface area contributed by atoms with Gasteiger partial charge in [0.15, 0.2) is 5.96 Å². The predicted octanol–water partition coefficient (Wildman–Crippen LogP) is -0.640. The molecule has 0 aromatic heterocycles. The van der Waals surface area contributed by atoms with Crippen LogP contribution >= 0.6 is 0 Å². The SMILES string of the molecule is NC(N)=NCC(=O)Oc1ccc2c(c1)CC(=O)N2. The lowest BCUT2D eigenvalue weighted by molar-refractivity contribution is -0.132. The van der Waals surface area contributed by atoms with E-state index >= 15 is 0 Å². The normalized spacial score (nSPS) is 12.6. The summed E-state index contributed by atoms with van der Waals surface area (Å²) in [6, 6.07) is 4.92. The summed E-state index contributed by atoms with van der Waals surface area (Å²) in [5.74, 6) is -0.452. The number of guanidine groups is 1. The number of amides is 1. The van der Waals surface area contributed by atoms with Crippen molar-refractivity contribution in [2.45, 2.75) is 6.42 Å². The van der Waals surface area contributed by atoms with Gasteiger partial charge in [0.05, 0.1) is 6.42 Å². The number of carbonyl (C=O) groups excluding carboxylic acids is 2. The van der Waals surface area contributed by atoms with Crippen LogP contribution in [0.15, 0.2) is 23.2 Å². The Bertz CT molecular complexity index is 535. The molecule has 1 heterocycles. The molecule has 0 saturated heterocycles. The highest BCUT2D eigenvalue weighted by Crippen LogP contribution is 2.27. The maximum Gasteiger partial charge on any atom is 0.333 e. The molecule has 5 N–H and O–H groups in total. The van der Waals surface area contributed by atoms with Gasteiger partial charge in [-0.25, -0.2) is 9.79 Å². The number of hydrogen-bond donors (Lipinski definition) is 3. The van der Waals surface area contributed by atoms with Gasteiger partial charge in [0.2, 0.25) is 5.91 Å². The molecule has 94 valence electrons. The lowest BCUT2D eigenvalue weighted by Gasteiger charge is -2.04. The molecule has 0 aliphatic carbocycles. The number of ether oxygens (including phenoxy) is 1. The Kier molecular flexibility index (Phi) is 3.13. The van der Waals surface area contributed by atoms with E-state index in [0.717, 1.165) is 11.3 Å². The number of esters is 1. The molecular weight excluding hydrogens is 236 g/mol. The predicted molar refractivity (Wildman–Crippen MR) is 65.1 cm³/mol. The molecule has 0 fully saturated rings. The Balaban J connectivity index is 2.03. The highest BCUT2D eigenvalue weighted by molar-refractivity contribution is 5.99. The van der Waals surface area contributed by atoms with Crippen molar-refractivity contribution in [3.05, 3.63) is 23.8 Å². The molecule has 7 heteroatoms. The van der Waals surface area contributed by atoms with Crippen LogP contribution in [0.3, 0.4) is 0 Å². The van der Waals surface area contributed by atoms with Crippen molar-refractivity contribution in [1.29, 1.82) is 0 Å². The number of anilines is 1. The second-order valence-corrected chi connectivity index (χ2v) is 3.76. The van der Waals surface area contributed by atoms with Crippen LogP contribution in [0.4, 0.5) is 5.69 Å². The number of hydrogen-bond acceptors (Lipinski definition) is 4. The van der Waals surface area contributed by atoms with Gasteiger partial charge in [-0.15, -0.1) is 0 Å². The largest absolute Gasteiger partial charge is 0.425 e. The molecule has 1 aliphatic heterocycles. The summed E-state index contributed by atoms with van der Waals surface area (Å²) in [5.41, 5.74) is 11.7. The second kappa shape index (κ2) is 4.74. The van der Waals surface area contributed by atoms with Gasteiger partial charge in [-0.3, -0.25) is 4.79 Å². The summed E-state index contributed by atoms with van der Waals surface area (Å²) in [7, 11) is 0. The average Bonchev–Trinajstić information content (AvgIpc) is 2.66. The van der Waals surface area contributed by atoms with Crippen LogP contribution in [-0.2, 0) is 16.0 Å². The van der Waals surface area contributed by atoms with Gasteiger partial charge in [-0.05, 0) is 23.8 Å². The van der Waals surface area contributed by atoms with Crippen molar-refractivity contribution < 1.29 is 14.3 Å². The Labute approximate surface area is 103 Å². The number of nitrogens with one attached hydrogen (secondary N) is 1. The number of rotatable bonds is 3. The Morgan fingerprint density at radius 2 is 2.22 bits per heavy atom. The first-order chi connectivity index (χ1) is 8.54. The highest BCUT2D eigenvalue weighted by atomic mass is 16.5. The molecule has 0 saturated carbocycles. The lowest BCUT2D eigenvalue weighted by Crippen LogP contribution is -2.25. The number of fused-ring (bicyclic) bond motifs is 1. The molecule has 0 unspecified atom stereocenters. The van der Waals surface area contributed by atoms with Crippen LogP contribution in [0, 0.1) is 0 Å². The molecule has 18 heavy (non-hydrogen) atoms. The Morgan fingerprint density at radius 3 is 2.94 bits per heavy atom. The fraction of sp³-hybridized carbons (Fsp3) is 0.182. The zero-order valence-corrected chi connectivity index (χ0v) is 9.47. The maximum atomic E-state index is 11.4. The van der Waals surface area contributed by atoms with E-state index in [4.69, 9.17) is 16.2 Å². The van der Waals surface area contributed by atoms with Crippen molar-refractivity contribution in [2.24, 2.45) is 16.5 Å². The topological polar surface area (TPSA) is 120 Å². The summed E-state index contributed by atoms with van der Waals surface area (Å²) < 4.78 is 5.03. The van der Waals surface area contributed by atoms with Crippen LogP contribution < -0.4 is 21.5 Å². The first kappa shape index (κ1) is 11.9. The summed E-state index contributed by atoms with van der Waals surface area (Å²) in [6.07, 6.45) is 0.286. The number of benzene rings is 1. The first-order valence-corrected chi connectivity index (χ1v) is 5.23. The number of carbonyl (C=O) groups is 2. The summed E-state index contributed by atoms with van der Waals surface area (Å²) in [5, 5.41) is 2.68. The van der Waals surface area contributed by atoms with E-state index in [1.807, 2.05) is 0 Å². The third-order valence-electron chi connectivity index (χ3n) is 2.32. The molecule has 0 radical (unpaired) electrons. The maximum absolute atomic E-state index is 11.4. The third kappa shape index (κ3) is 2.76. The van der Waals surface area contributed by atoms with Gasteiger partial charge in [0.1, 0.15) is 12.3 Å². The van der Waals surface area contributed by atoms with Crippen LogP contribution in [0.2, 0.25) is 0 Å². The quantitative estimate of drug-likeness (QED) is 0.284. The fourth-order valence-electron chi connectivity index (χ4n) is 1.59. The van der Waals surface area contributed by atoms with E-state index in [2.05, 4.69) is 10.3 Å². The van der Waals surface area contributed by atoms with Crippen LogP contribution in [0.25, 0.3) is 0 Å². The minimum atomic E-state index is -0.569. The zero-order chi connectivity index (χ0) is 13.1. The first-order valence-electron chi connectivity index (χ1n) is 5.23. The molecule has 1 aliphatic rings. The Hall–Kier alpha value is -2.57. The molecular formula is C11H12N4O3. The monoisotopic (exact) mass is 248 g/mol. The van der Waals surface area contributed by atoms with Crippen molar-refractivity contribution in [2.75, 3.05) is 11.9 Å². The van der Waals surface area contributed by atoms with E-state index in [-0.39, 0.29) is 24.8 Å². The van der Waals surface area contributed by atoms with Gasteiger partial charge in [0, 0.05) is 5.69 Å². The minimum Gasteiger partial charge on any atom is -0.425 e.